The first-order valence-electron chi connectivity index (χ1n) is 6.60. The van der Waals surface area contributed by atoms with Crippen LogP contribution in [-0.4, -0.2) is 17.2 Å². The lowest BCUT2D eigenvalue weighted by Crippen LogP contribution is -2.08. The van der Waals surface area contributed by atoms with Gasteiger partial charge in [-0.25, -0.2) is 0 Å². The van der Waals surface area contributed by atoms with Crippen molar-refractivity contribution in [3.8, 4) is 5.75 Å². The molecule has 0 unspecified atom stereocenters. The Morgan fingerprint density at radius 2 is 2.25 bits per heavy atom. The highest BCUT2D eigenvalue weighted by atomic mass is 35.5. The summed E-state index contributed by atoms with van der Waals surface area (Å²) in [6, 6.07) is 5.67. The molecule has 6 heteroatoms. The van der Waals surface area contributed by atoms with Crippen LogP contribution < -0.4 is 10.1 Å². The van der Waals surface area contributed by atoms with E-state index in [1.807, 2.05) is 19.2 Å². The molecule has 0 aliphatic rings. The van der Waals surface area contributed by atoms with Gasteiger partial charge in [-0.05, 0) is 19.5 Å². The molecular weight excluding hydrogens is 278 g/mol. The van der Waals surface area contributed by atoms with Gasteiger partial charge in [0, 0.05) is 18.5 Å². The number of rotatable bonds is 7. The lowest BCUT2D eigenvalue weighted by Gasteiger charge is -2.11. The summed E-state index contributed by atoms with van der Waals surface area (Å²) in [4.78, 5) is 4.26. The van der Waals surface area contributed by atoms with Crippen molar-refractivity contribution >= 4 is 11.6 Å². The minimum atomic E-state index is 0.244. The Hall–Kier alpha value is -1.59. The van der Waals surface area contributed by atoms with Crippen LogP contribution in [0.1, 0.15) is 30.6 Å². The maximum absolute atomic E-state index is 6.17. The summed E-state index contributed by atoms with van der Waals surface area (Å²) in [5.74, 6) is 1.83. The van der Waals surface area contributed by atoms with Crippen LogP contribution in [0.25, 0.3) is 0 Å². The number of aryl methyl sites for hydroxylation is 1. The van der Waals surface area contributed by atoms with Crippen molar-refractivity contribution in [2.45, 2.75) is 32.9 Å². The van der Waals surface area contributed by atoms with E-state index in [9.17, 15) is 0 Å². The number of ether oxygens (including phenoxy) is 1. The van der Waals surface area contributed by atoms with E-state index in [1.165, 1.54) is 0 Å². The molecule has 0 radical (unpaired) electrons. The first-order chi connectivity index (χ1) is 9.74. The van der Waals surface area contributed by atoms with E-state index in [0.29, 0.717) is 29.0 Å². The SMILES string of the molecule is CCCc1nc(COc2c(Cl)cccc2CNC)no1. The highest BCUT2D eigenvalue weighted by Crippen LogP contribution is 2.29. The molecule has 1 aromatic carbocycles. The number of nitrogens with one attached hydrogen (secondary N) is 1. The number of halogens is 1. The first kappa shape index (κ1) is 14.8. The zero-order valence-corrected chi connectivity index (χ0v) is 12.4. The average Bonchev–Trinajstić information content (AvgIpc) is 2.87. The van der Waals surface area contributed by atoms with Gasteiger partial charge in [-0.2, -0.15) is 4.98 Å². The minimum absolute atomic E-state index is 0.244. The fourth-order valence-corrected chi connectivity index (χ4v) is 2.09. The molecule has 2 aromatic rings. The van der Waals surface area contributed by atoms with Crippen molar-refractivity contribution in [3.63, 3.8) is 0 Å². The number of nitrogens with zero attached hydrogens (tertiary/aromatic N) is 2. The Morgan fingerprint density at radius 1 is 1.40 bits per heavy atom. The first-order valence-corrected chi connectivity index (χ1v) is 6.98. The molecule has 0 atom stereocenters. The summed E-state index contributed by atoms with van der Waals surface area (Å²) in [5.41, 5.74) is 0.997. The average molecular weight is 296 g/mol. The molecule has 0 amide bonds. The van der Waals surface area contributed by atoms with Crippen molar-refractivity contribution < 1.29 is 9.26 Å². The van der Waals surface area contributed by atoms with E-state index in [1.54, 1.807) is 6.07 Å². The Bertz CT molecular complexity index is 557. The van der Waals surface area contributed by atoms with Gasteiger partial charge in [0.05, 0.1) is 5.02 Å². The quantitative estimate of drug-likeness (QED) is 0.851. The molecule has 0 saturated heterocycles. The summed E-state index contributed by atoms with van der Waals surface area (Å²) in [6.07, 6.45) is 1.75. The van der Waals surface area contributed by atoms with Gasteiger partial charge < -0.3 is 14.6 Å². The van der Waals surface area contributed by atoms with Crippen LogP contribution in [0.15, 0.2) is 22.7 Å². The lowest BCUT2D eigenvalue weighted by atomic mass is 10.2. The van der Waals surface area contributed by atoms with Crippen molar-refractivity contribution in [1.82, 2.24) is 15.5 Å². The Balaban J connectivity index is 2.05. The highest BCUT2D eigenvalue weighted by molar-refractivity contribution is 6.32. The fraction of sp³-hybridized carbons (Fsp3) is 0.429. The van der Waals surface area contributed by atoms with Gasteiger partial charge in [-0.3, -0.25) is 0 Å². The standard InChI is InChI=1S/C14H18ClN3O2/c1-3-5-13-17-12(18-20-13)9-19-14-10(8-16-2)6-4-7-11(14)15/h4,6-7,16H,3,5,8-9H2,1-2H3. The maximum Gasteiger partial charge on any atom is 0.226 e. The van der Waals surface area contributed by atoms with Gasteiger partial charge in [0.2, 0.25) is 11.7 Å². The maximum atomic E-state index is 6.17. The highest BCUT2D eigenvalue weighted by Gasteiger charge is 2.11. The third-order valence-electron chi connectivity index (χ3n) is 2.74. The molecule has 1 heterocycles. The van der Waals surface area contributed by atoms with Crippen LogP contribution in [0, 0.1) is 0 Å². The van der Waals surface area contributed by atoms with Crippen LogP contribution in [0.3, 0.4) is 0 Å². The summed E-state index contributed by atoms with van der Waals surface area (Å²) in [6.45, 7) is 2.99. The van der Waals surface area contributed by atoms with Crippen LogP contribution in [0.2, 0.25) is 5.02 Å². The lowest BCUT2D eigenvalue weighted by molar-refractivity contribution is 0.282. The van der Waals surface area contributed by atoms with Crippen LogP contribution in [-0.2, 0) is 19.6 Å². The molecule has 0 fully saturated rings. The summed E-state index contributed by atoms with van der Waals surface area (Å²) >= 11 is 6.17. The second-order valence-corrected chi connectivity index (χ2v) is 4.81. The van der Waals surface area contributed by atoms with Crippen molar-refractivity contribution in [2.24, 2.45) is 0 Å². The number of hydrogen-bond donors (Lipinski definition) is 1. The summed E-state index contributed by atoms with van der Waals surface area (Å²) in [5, 5.41) is 7.55. The van der Waals surface area contributed by atoms with Crippen LogP contribution in [0.4, 0.5) is 0 Å². The second kappa shape index (κ2) is 7.26. The molecule has 0 bridgehead atoms. The second-order valence-electron chi connectivity index (χ2n) is 4.40. The van der Waals surface area contributed by atoms with Crippen molar-refractivity contribution in [1.29, 1.82) is 0 Å². The van der Waals surface area contributed by atoms with E-state index in [2.05, 4.69) is 22.4 Å². The predicted octanol–water partition coefficient (Wildman–Crippen LogP) is 2.97. The number of aromatic nitrogens is 2. The molecule has 20 heavy (non-hydrogen) atoms. The van der Waals surface area contributed by atoms with E-state index in [4.69, 9.17) is 20.9 Å². The molecule has 1 aromatic heterocycles. The number of para-hydroxylation sites is 1. The molecule has 2 rings (SSSR count). The van der Waals surface area contributed by atoms with Crippen molar-refractivity contribution in [3.05, 3.63) is 40.5 Å². The third-order valence-corrected chi connectivity index (χ3v) is 3.03. The summed E-state index contributed by atoms with van der Waals surface area (Å²) < 4.78 is 10.9. The molecular formula is C14H18ClN3O2. The number of hydrogen-bond acceptors (Lipinski definition) is 5. The minimum Gasteiger partial charge on any atom is -0.484 e. The smallest absolute Gasteiger partial charge is 0.226 e. The summed E-state index contributed by atoms with van der Waals surface area (Å²) in [7, 11) is 1.88. The predicted molar refractivity (Wildman–Crippen MR) is 76.8 cm³/mol. The van der Waals surface area contributed by atoms with Gasteiger partial charge in [0.25, 0.3) is 0 Å². The van der Waals surface area contributed by atoms with E-state index < -0.39 is 0 Å². The molecule has 5 nitrogen and oxygen atoms in total. The van der Waals surface area contributed by atoms with Crippen LogP contribution in [0.5, 0.6) is 5.75 Å². The van der Waals surface area contributed by atoms with E-state index in [-0.39, 0.29) is 6.61 Å². The van der Waals surface area contributed by atoms with Gasteiger partial charge in [-0.1, -0.05) is 35.8 Å². The largest absolute Gasteiger partial charge is 0.484 e. The molecule has 0 aliphatic carbocycles. The number of benzene rings is 1. The molecule has 0 aliphatic heterocycles. The van der Waals surface area contributed by atoms with E-state index >= 15 is 0 Å². The Morgan fingerprint density at radius 3 is 3.00 bits per heavy atom. The van der Waals surface area contributed by atoms with Gasteiger partial charge in [0.15, 0.2) is 6.61 Å². The van der Waals surface area contributed by atoms with E-state index in [0.717, 1.165) is 18.4 Å². The Labute approximate surface area is 123 Å². The molecule has 108 valence electrons. The monoisotopic (exact) mass is 295 g/mol. The normalized spacial score (nSPS) is 10.8. The molecule has 0 saturated carbocycles. The third kappa shape index (κ3) is 3.71. The van der Waals surface area contributed by atoms with Crippen LogP contribution >= 0.6 is 11.6 Å². The van der Waals surface area contributed by atoms with Crippen molar-refractivity contribution in [2.75, 3.05) is 7.05 Å². The fourth-order valence-electron chi connectivity index (χ4n) is 1.85. The molecule has 1 N–H and O–H groups in total. The van der Waals surface area contributed by atoms with Gasteiger partial charge >= 0.3 is 0 Å². The zero-order valence-electron chi connectivity index (χ0n) is 11.6. The zero-order chi connectivity index (χ0) is 14.4. The topological polar surface area (TPSA) is 60.2 Å². The molecule has 0 spiro atoms. The Kier molecular flexibility index (Phi) is 5.38. The van der Waals surface area contributed by atoms with Gasteiger partial charge in [0.1, 0.15) is 5.75 Å². The van der Waals surface area contributed by atoms with Gasteiger partial charge in [-0.15, -0.1) is 0 Å².